The fraction of sp³-hybridized carbons (Fsp3) is 0.143. The first-order valence-electron chi connectivity index (χ1n) is 6.09. The summed E-state index contributed by atoms with van der Waals surface area (Å²) in [5.74, 6) is 0. The van der Waals surface area contributed by atoms with Gasteiger partial charge in [0.05, 0.1) is 11.4 Å². The summed E-state index contributed by atoms with van der Waals surface area (Å²) in [6.07, 6.45) is 0. The number of para-hydroxylation sites is 2. The average Bonchev–Trinajstić information content (AvgIpc) is 2.46. The highest BCUT2D eigenvalue weighted by Gasteiger charge is 2.37. The Morgan fingerprint density at radius 3 is 2.10 bits per heavy atom. The van der Waals surface area contributed by atoms with Crippen molar-refractivity contribution in [2.24, 2.45) is 0 Å². The number of rotatable bonds is 5. The minimum atomic E-state index is -4.80. The van der Waals surface area contributed by atoms with Crippen LogP contribution in [-0.4, -0.2) is 9.72 Å². The van der Waals surface area contributed by atoms with Crippen LogP contribution in [0.5, 0.6) is 0 Å². The van der Waals surface area contributed by atoms with E-state index in [1.54, 1.807) is 18.2 Å². The van der Waals surface area contributed by atoms with Crippen LogP contribution in [0.2, 0.25) is 0 Å². The van der Waals surface area contributed by atoms with E-state index in [1.807, 2.05) is 35.1 Å². The fourth-order valence-corrected chi connectivity index (χ4v) is 2.17. The van der Waals surface area contributed by atoms with Gasteiger partial charge in [0, 0.05) is 6.54 Å². The third kappa shape index (κ3) is 4.49. The molecule has 0 aliphatic heterocycles. The molecule has 2 aromatic carbocycles. The van der Waals surface area contributed by atoms with Crippen molar-refractivity contribution in [1.29, 1.82) is 0 Å². The van der Waals surface area contributed by atoms with Crippen LogP contribution in [0.4, 0.5) is 24.5 Å². The number of benzene rings is 2. The standard InChI is InChI=1S/C14H13F3N2OS/c15-14(16,17)21(20)19-13-9-5-4-8-12(13)18-10-11-6-2-1-3-7-11/h1-9,18-19H,10H2. The number of halogens is 3. The zero-order valence-electron chi connectivity index (χ0n) is 10.9. The maximum Gasteiger partial charge on any atom is 0.490 e. The van der Waals surface area contributed by atoms with Crippen molar-refractivity contribution in [2.75, 3.05) is 10.0 Å². The van der Waals surface area contributed by atoms with E-state index in [-0.39, 0.29) is 5.69 Å². The molecule has 0 aromatic heterocycles. The molecule has 0 fully saturated rings. The Kier molecular flexibility index (Phi) is 4.85. The molecule has 0 amide bonds. The molecule has 0 saturated heterocycles. The second-order valence-corrected chi connectivity index (χ2v) is 5.41. The Morgan fingerprint density at radius 1 is 0.905 bits per heavy atom. The maximum absolute atomic E-state index is 12.3. The summed E-state index contributed by atoms with van der Waals surface area (Å²) >= 11 is 0. The highest BCUT2D eigenvalue weighted by atomic mass is 32.2. The van der Waals surface area contributed by atoms with Crippen LogP contribution < -0.4 is 10.0 Å². The number of anilines is 2. The Hall–Kier alpha value is -2.02. The van der Waals surface area contributed by atoms with E-state index in [4.69, 9.17) is 0 Å². The molecule has 2 N–H and O–H groups in total. The number of alkyl halides is 3. The van der Waals surface area contributed by atoms with Gasteiger partial charge in [-0.2, -0.15) is 13.2 Å². The molecule has 0 heterocycles. The van der Waals surface area contributed by atoms with E-state index in [9.17, 15) is 17.4 Å². The summed E-state index contributed by atoms with van der Waals surface area (Å²) in [7, 11) is -3.14. The van der Waals surface area contributed by atoms with Gasteiger partial charge in [-0.25, -0.2) is 4.21 Å². The highest BCUT2D eigenvalue weighted by Crippen LogP contribution is 2.27. The van der Waals surface area contributed by atoms with E-state index < -0.39 is 16.5 Å². The third-order valence-electron chi connectivity index (χ3n) is 2.67. The maximum atomic E-state index is 12.3. The molecular weight excluding hydrogens is 301 g/mol. The second kappa shape index (κ2) is 6.62. The van der Waals surface area contributed by atoms with Gasteiger partial charge in [-0.1, -0.05) is 42.5 Å². The Balaban J connectivity index is 2.08. The SMILES string of the molecule is O=S(Nc1ccccc1NCc1ccccc1)C(F)(F)F. The lowest BCUT2D eigenvalue weighted by molar-refractivity contribution is -0.0379. The average molecular weight is 314 g/mol. The monoisotopic (exact) mass is 314 g/mol. The van der Waals surface area contributed by atoms with Gasteiger partial charge in [0.2, 0.25) is 11.0 Å². The topological polar surface area (TPSA) is 41.1 Å². The highest BCUT2D eigenvalue weighted by molar-refractivity contribution is 7.87. The molecule has 2 aromatic rings. The van der Waals surface area contributed by atoms with Gasteiger partial charge in [0.25, 0.3) is 0 Å². The molecule has 0 aliphatic rings. The lowest BCUT2D eigenvalue weighted by Gasteiger charge is -2.14. The summed E-state index contributed by atoms with van der Waals surface area (Å²) in [4.78, 5) is 0. The lowest BCUT2D eigenvalue weighted by Crippen LogP contribution is -2.23. The molecule has 1 atom stereocenters. The normalized spacial score (nSPS) is 12.7. The minimum absolute atomic E-state index is 0.143. The summed E-state index contributed by atoms with van der Waals surface area (Å²) < 4.78 is 50.1. The first-order chi connectivity index (χ1) is 9.97. The fourth-order valence-electron chi connectivity index (χ4n) is 1.68. The first-order valence-corrected chi connectivity index (χ1v) is 7.24. The Morgan fingerprint density at radius 2 is 1.48 bits per heavy atom. The zero-order chi connectivity index (χ0) is 15.3. The largest absolute Gasteiger partial charge is 0.490 e. The van der Waals surface area contributed by atoms with Crippen molar-refractivity contribution in [3.63, 3.8) is 0 Å². The molecule has 0 bridgehead atoms. The van der Waals surface area contributed by atoms with Gasteiger partial charge in [-0.05, 0) is 17.7 Å². The molecular formula is C14H13F3N2OS. The van der Waals surface area contributed by atoms with Gasteiger partial charge in [0.1, 0.15) is 0 Å². The van der Waals surface area contributed by atoms with Crippen LogP contribution in [0, 0.1) is 0 Å². The number of hydrogen-bond acceptors (Lipinski definition) is 2. The van der Waals surface area contributed by atoms with Crippen molar-refractivity contribution in [3.8, 4) is 0 Å². The summed E-state index contributed by atoms with van der Waals surface area (Å²) in [6.45, 7) is 0.457. The van der Waals surface area contributed by atoms with Crippen LogP contribution in [0.15, 0.2) is 54.6 Å². The van der Waals surface area contributed by atoms with Gasteiger partial charge in [-0.15, -0.1) is 0 Å². The predicted octanol–water partition coefficient (Wildman–Crippen LogP) is 3.89. The second-order valence-electron chi connectivity index (χ2n) is 4.20. The van der Waals surface area contributed by atoms with Gasteiger partial charge >= 0.3 is 5.51 Å². The molecule has 3 nitrogen and oxygen atoms in total. The van der Waals surface area contributed by atoms with Crippen LogP contribution in [0.3, 0.4) is 0 Å². The molecule has 21 heavy (non-hydrogen) atoms. The van der Waals surface area contributed by atoms with Gasteiger partial charge < -0.3 is 5.32 Å². The predicted molar refractivity (Wildman–Crippen MR) is 78.0 cm³/mol. The molecule has 0 spiro atoms. The van der Waals surface area contributed by atoms with Crippen LogP contribution >= 0.6 is 0 Å². The van der Waals surface area contributed by atoms with Gasteiger partial charge in [0.15, 0.2) is 0 Å². The Labute approximate surface area is 122 Å². The number of hydrogen-bond donors (Lipinski definition) is 2. The number of nitrogens with one attached hydrogen (secondary N) is 2. The summed E-state index contributed by atoms with van der Waals surface area (Å²) in [5, 5.41) is 3.02. The van der Waals surface area contributed by atoms with E-state index in [0.29, 0.717) is 12.2 Å². The van der Waals surface area contributed by atoms with E-state index >= 15 is 0 Å². The molecule has 2 rings (SSSR count). The molecule has 1 unspecified atom stereocenters. The first kappa shape index (κ1) is 15.4. The molecule has 7 heteroatoms. The van der Waals surface area contributed by atoms with Gasteiger partial charge in [-0.3, -0.25) is 4.72 Å². The van der Waals surface area contributed by atoms with Crippen molar-refractivity contribution < 1.29 is 17.4 Å². The lowest BCUT2D eigenvalue weighted by atomic mass is 10.2. The van der Waals surface area contributed by atoms with Crippen molar-refractivity contribution in [2.45, 2.75) is 12.1 Å². The summed E-state index contributed by atoms with van der Waals surface area (Å²) in [5.41, 5.74) is -3.21. The van der Waals surface area contributed by atoms with Crippen molar-refractivity contribution in [1.82, 2.24) is 0 Å². The minimum Gasteiger partial charge on any atom is -0.379 e. The smallest absolute Gasteiger partial charge is 0.379 e. The van der Waals surface area contributed by atoms with Crippen LogP contribution in [0.1, 0.15) is 5.56 Å². The third-order valence-corrected chi connectivity index (χ3v) is 3.49. The van der Waals surface area contributed by atoms with Crippen molar-refractivity contribution in [3.05, 3.63) is 60.2 Å². The van der Waals surface area contributed by atoms with Crippen molar-refractivity contribution >= 4 is 22.4 Å². The summed E-state index contributed by atoms with van der Waals surface area (Å²) in [6, 6.07) is 15.8. The molecule has 0 saturated carbocycles. The quantitative estimate of drug-likeness (QED) is 0.879. The van der Waals surface area contributed by atoms with Crippen LogP contribution in [0.25, 0.3) is 0 Å². The van der Waals surface area contributed by atoms with Crippen LogP contribution in [-0.2, 0) is 17.5 Å². The van der Waals surface area contributed by atoms with E-state index in [1.165, 1.54) is 6.07 Å². The zero-order valence-corrected chi connectivity index (χ0v) is 11.7. The van der Waals surface area contributed by atoms with E-state index in [2.05, 4.69) is 5.32 Å². The molecule has 112 valence electrons. The molecule has 0 aliphatic carbocycles. The molecule has 0 radical (unpaired) electrons. The van der Waals surface area contributed by atoms with E-state index in [0.717, 1.165) is 5.56 Å². The Bertz CT molecular complexity index is 617.